The van der Waals surface area contributed by atoms with Crippen molar-refractivity contribution in [2.24, 2.45) is 11.8 Å². The van der Waals surface area contributed by atoms with E-state index in [1.165, 1.54) is 25.5 Å². The van der Waals surface area contributed by atoms with Gasteiger partial charge in [-0.2, -0.15) is 0 Å². The van der Waals surface area contributed by atoms with Gasteiger partial charge in [-0.1, -0.05) is 26.7 Å². The van der Waals surface area contributed by atoms with E-state index in [4.69, 9.17) is 5.73 Å². The second-order valence-electron chi connectivity index (χ2n) is 5.75. The molecule has 2 atom stereocenters. The lowest BCUT2D eigenvalue weighted by molar-refractivity contribution is 0.0884. The Kier molecular flexibility index (Phi) is 4.40. The van der Waals surface area contributed by atoms with Gasteiger partial charge in [-0.05, 0) is 36.8 Å². The monoisotopic (exact) mass is 261 g/mol. The molecule has 1 saturated carbocycles. The lowest BCUT2D eigenvalue weighted by Gasteiger charge is -2.34. The Bertz CT molecular complexity index is 428. The van der Waals surface area contributed by atoms with E-state index >= 15 is 0 Å². The molecule has 4 nitrogen and oxygen atoms in total. The molecule has 104 valence electrons. The average Bonchev–Trinajstić information content (AvgIpc) is 2.39. The topological polar surface area (TPSA) is 68.0 Å². The largest absolute Gasteiger partial charge is 0.397 e. The van der Waals surface area contributed by atoms with Crippen molar-refractivity contribution in [3.05, 3.63) is 24.0 Å². The third-order valence-corrected chi connectivity index (χ3v) is 4.01. The van der Waals surface area contributed by atoms with Gasteiger partial charge in [0.05, 0.1) is 11.9 Å². The van der Waals surface area contributed by atoms with Crippen molar-refractivity contribution in [3.63, 3.8) is 0 Å². The molecule has 0 radical (unpaired) electrons. The van der Waals surface area contributed by atoms with Crippen molar-refractivity contribution >= 4 is 11.6 Å². The van der Waals surface area contributed by atoms with Crippen LogP contribution in [0, 0.1) is 11.8 Å². The summed E-state index contributed by atoms with van der Waals surface area (Å²) >= 11 is 0. The van der Waals surface area contributed by atoms with Gasteiger partial charge >= 0.3 is 0 Å². The highest BCUT2D eigenvalue weighted by atomic mass is 16.1. The van der Waals surface area contributed by atoms with Crippen molar-refractivity contribution in [2.75, 3.05) is 5.73 Å². The van der Waals surface area contributed by atoms with Crippen LogP contribution in [0.2, 0.25) is 0 Å². The molecule has 2 rings (SSSR count). The first kappa shape index (κ1) is 13.8. The van der Waals surface area contributed by atoms with Crippen LogP contribution in [0.25, 0.3) is 0 Å². The maximum atomic E-state index is 12.2. The third kappa shape index (κ3) is 3.46. The van der Waals surface area contributed by atoms with E-state index in [1.54, 1.807) is 12.1 Å². The van der Waals surface area contributed by atoms with Crippen LogP contribution in [0.1, 0.15) is 50.0 Å². The number of carbonyl (C=O) groups excluding carboxylic acids is 1. The van der Waals surface area contributed by atoms with Crippen LogP contribution in [0.4, 0.5) is 5.69 Å². The van der Waals surface area contributed by atoms with Crippen LogP contribution < -0.4 is 11.1 Å². The number of nitrogen functional groups attached to an aromatic ring is 1. The summed E-state index contributed by atoms with van der Waals surface area (Å²) < 4.78 is 0. The normalized spacial score (nSPS) is 23.3. The molecule has 1 heterocycles. The molecule has 0 bridgehead atoms. The zero-order valence-electron chi connectivity index (χ0n) is 11.7. The SMILES string of the molecule is CC(C)C1CCCCC1NC(=O)c1ccc(N)cn1. The molecule has 0 aromatic carbocycles. The minimum atomic E-state index is -0.0856. The van der Waals surface area contributed by atoms with Gasteiger partial charge in [0, 0.05) is 6.04 Å². The lowest BCUT2D eigenvalue weighted by atomic mass is 9.78. The number of amides is 1. The average molecular weight is 261 g/mol. The van der Waals surface area contributed by atoms with Crippen molar-refractivity contribution < 1.29 is 4.79 Å². The molecule has 3 N–H and O–H groups in total. The van der Waals surface area contributed by atoms with E-state index < -0.39 is 0 Å². The predicted octanol–water partition coefficient (Wildman–Crippen LogP) is 2.61. The minimum Gasteiger partial charge on any atom is -0.397 e. The van der Waals surface area contributed by atoms with E-state index in [2.05, 4.69) is 24.1 Å². The summed E-state index contributed by atoms with van der Waals surface area (Å²) in [5.41, 5.74) is 6.60. The van der Waals surface area contributed by atoms with Crippen molar-refractivity contribution in [1.29, 1.82) is 0 Å². The molecule has 1 aliphatic carbocycles. The van der Waals surface area contributed by atoms with E-state index in [1.807, 2.05) is 0 Å². The molecule has 1 aromatic rings. The summed E-state index contributed by atoms with van der Waals surface area (Å²) in [6.07, 6.45) is 6.27. The van der Waals surface area contributed by atoms with Crippen LogP contribution in [0.5, 0.6) is 0 Å². The molecule has 2 unspecified atom stereocenters. The molecular weight excluding hydrogens is 238 g/mol. The second-order valence-corrected chi connectivity index (χ2v) is 5.75. The summed E-state index contributed by atoms with van der Waals surface area (Å²) in [6.45, 7) is 4.47. The van der Waals surface area contributed by atoms with Crippen LogP contribution in [0.15, 0.2) is 18.3 Å². The first-order chi connectivity index (χ1) is 9.08. The standard InChI is InChI=1S/C15H23N3O/c1-10(2)12-5-3-4-6-13(12)18-15(19)14-8-7-11(16)9-17-14/h7-10,12-13H,3-6,16H2,1-2H3,(H,18,19). The fraction of sp³-hybridized carbons (Fsp3) is 0.600. The van der Waals surface area contributed by atoms with E-state index in [9.17, 15) is 4.79 Å². The van der Waals surface area contributed by atoms with Crippen LogP contribution in [0.3, 0.4) is 0 Å². The van der Waals surface area contributed by atoms with Gasteiger partial charge in [0.15, 0.2) is 0 Å². The first-order valence-corrected chi connectivity index (χ1v) is 7.10. The molecule has 0 aliphatic heterocycles. The molecular formula is C15H23N3O. The number of hydrogen-bond donors (Lipinski definition) is 2. The number of hydrogen-bond acceptors (Lipinski definition) is 3. The number of nitrogens with zero attached hydrogens (tertiary/aromatic N) is 1. The summed E-state index contributed by atoms with van der Waals surface area (Å²) in [5.74, 6) is 1.09. The van der Waals surface area contributed by atoms with Gasteiger partial charge in [0.1, 0.15) is 5.69 Å². The van der Waals surface area contributed by atoms with Crippen molar-refractivity contribution in [3.8, 4) is 0 Å². The molecule has 19 heavy (non-hydrogen) atoms. The number of pyridine rings is 1. The minimum absolute atomic E-state index is 0.0856. The highest BCUT2D eigenvalue weighted by Crippen LogP contribution is 2.30. The summed E-state index contributed by atoms with van der Waals surface area (Å²) in [7, 11) is 0. The fourth-order valence-corrected chi connectivity index (χ4v) is 2.92. The van der Waals surface area contributed by atoms with E-state index in [-0.39, 0.29) is 11.9 Å². The Morgan fingerprint density at radius 2 is 2.11 bits per heavy atom. The molecule has 1 aliphatic rings. The Morgan fingerprint density at radius 3 is 2.74 bits per heavy atom. The van der Waals surface area contributed by atoms with E-state index in [0.717, 1.165) is 6.42 Å². The lowest BCUT2D eigenvalue weighted by Crippen LogP contribution is -2.44. The molecule has 0 spiro atoms. The van der Waals surface area contributed by atoms with Crippen LogP contribution in [-0.4, -0.2) is 16.9 Å². The number of nitrogens with one attached hydrogen (secondary N) is 1. The Balaban J connectivity index is 2.02. The second kappa shape index (κ2) is 6.04. The van der Waals surface area contributed by atoms with Crippen LogP contribution in [-0.2, 0) is 0 Å². The zero-order chi connectivity index (χ0) is 13.8. The predicted molar refractivity (Wildman–Crippen MR) is 76.7 cm³/mol. The van der Waals surface area contributed by atoms with Crippen molar-refractivity contribution in [1.82, 2.24) is 10.3 Å². The van der Waals surface area contributed by atoms with Gasteiger partial charge in [0.2, 0.25) is 0 Å². The zero-order valence-corrected chi connectivity index (χ0v) is 11.7. The molecule has 1 fully saturated rings. The van der Waals surface area contributed by atoms with Gasteiger partial charge in [-0.25, -0.2) is 4.98 Å². The Morgan fingerprint density at radius 1 is 1.37 bits per heavy atom. The number of rotatable bonds is 3. The smallest absolute Gasteiger partial charge is 0.270 e. The number of anilines is 1. The molecule has 4 heteroatoms. The molecule has 1 aromatic heterocycles. The number of carbonyl (C=O) groups is 1. The highest BCUT2D eigenvalue weighted by Gasteiger charge is 2.29. The maximum Gasteiger partial charge on any atom is 0.270 e. The number of aromatic nitrogens is 1. The Hall–Kier alpha value is -1.58. The van der Waals surface area contributed by atoms with Crippen molar-refractivity contribution in [2.45, 2.75) is 45.6 Å². The summed E-state index contributed by atoms with van der Waals surface area (Å²) in [4.78, 5) is 16.3. The van der Waals surface area contributed by atoms with Gasteiger partial charge in [0.25, 0.3) is 5.91 Å². The van der Waals surface area contributed by atoms with E-state index in [0.29, 0.717) is 23.2 Å². The molecule has 0 saturated heterocycles. The quantitative estimate of drug-likeness (QED) is 0.878. The van der Waals surface area contributed by atoms with Gasteiger partial charge in [-0.3, -0.25) is 4.79 Å². The summed E-state index contributed by atoms with van der Waals surface area (Å²) in [5, 5.41) is 3.14. The summed E-state index contributed by atoms with van der Waals surface area (Å²) in [6, 6.07) is 3.67. The molecule has 1 amide bonds. The Labute approximate surface area is 114 Å². The highest BCUT2D eigenvalue weighted by molar-refractivity contribution is 5.92. The maximum absolute atomic E-state index is 12.2. The van der Waals surface area contributed by atoms with Crippen LogP contribution >= 0.6 is 0 Å². The fourth-order valence-electron chi connectivity index (χ4n) is 2.92. The van der Waals surface area contributed by atoms with Gasteiger partial charge in [-0.15, -0.1) is 0 Å². The van der Waals surface area contributed by atoms with Gasteiger partial charge < -0.3 is 11.1 Å². The number of nitrogens with two attached hydrogens (primary N) is 1. The third-order valence-electron chi connectivity index (χ3n) is 4.01. The first-order valence-electron chi connectivity index (χ1n) is 7.10.